The molecular weight excluding hydrogens is 280 g/mol. The van der Waals surface area contributed by atoms with Crippen LogP contribution in [0, 0.1) is 13.8 Å². The summed E-state index contributed by atoms with van der Waals surface area (Å²) >= 11 is 0. The van der Waals surface area contributed by atoms with Gasteiger partial charge < -0.3 is 9.88 Å². The topological polar surface area (TPSA) is 17.0 Å². The summed E-state index contributed by atoms with van der Waals surface area (Å²) in [6.45, 7) is 4.33. The molecule has 114 valence electrons. The summed E-state index contributed by atoms with van der Waals surface area (Å²) in [6.07, 6.45) is 0. The van der Waals surface area contributed by atoms with Crippen molar-refractivity contribution in [2.45, 2.75) is 13.8 Å². The summed E-state index contributed by atoms with van der Waals surface area (Å²) in [4.78, 5) is 0. The molecule has 2 nitrogen and oxygen atoms in total. The Morgan fingerprint density at radius 3 is 1.70 bits per heavy atom. The van der Waals surface area contributed by atoms with Crippen LogP contribution in [0.3, 0.4) is 0 Å². The summed E-state index contributed by atoms with van der Waals surface area (Å²) in [6, 6.07) is 21.8. The molecule has 0 bridgehead atoms. The van der Waals surface area contributed by atoms with Crippen molar-refractivity contribution in [3.05, 3.63) is 71.8 Å². The first kappa shape index (κ1) is 13.9. The first-order valence-electron chi connectivity index (χ1n) is 7.98. The molecule has 2 heteroatoms. The molecule has 0 aliphatic rings. The standard InChI is InChI=1S/C21H20N2/c1-14-12-16(13-15(2)21(14)22-3)23-19-10-6-4-8-17(19)18-9-5-7-11-20(18)23/h4-13,22H,1-3H3. The quantitative estimate of drug-likeness (QED) is 0.521. The molecule has 0 saturated heterocycles. The van der Waals surface area contributed by atoms with Crippen LogP contribution in [-0.4, -0.2) is 11.6 Å². The predicted octanol–water partition coefficient (Wildman–Crippen LogP) is 5.44. The Bertz CT molecular complexity index is 948. The molecule has 23 heavy (non-hydrogen) atoms. The van der Waals surface area contributed by atoms with Gasteiger partial charge in [-0.15, -0.1) is 0 Å². The van der Waals surface area contributed by atoms with Crippen molar-refractivity contribution in [2.24, 2.45) is 0 Å². The number of rotatable bonds is 2. The van der Waals surface area contributed by atoms with Crippen molar-refractivity contribution in [3.8, 4) is 5.69 Å². The lowest BCUT2D eigenvalue weighted by Crippen LogP contribution is -2.00. The van der Waals surface area contributed by atoms with Crippen molar-refractivity contribution in [2.75, 3.05) is 12.4 Å². The van der Waals surface area contributed by atoms with Gasteiger partial charge in [-0.05, 0) is 49.2 Å². The second-order valence-electron chi connectivity index (χ2n) is 6.07. The number of hydrogen-bond acceptors (Lipinski definition) is 1. The molecule has 0 unspecified atom stereocenters. The average molecular weight is 300 g/mol. The van der Waals surface area contributed by atoms with Crippen molar-refractivity contribution in [1.82, 2.24) is 4.57 Å². The van der Waals surface area contributed by atoms with Crippen LogP contribution in [0.1, 0.15) is 11.1 Å². The van der Waals surface area contributed by atoms with E-state index in [2.05, 4.69) is 84.4 Å². The summed E-state index contributed by atoms with van der Waals surface area (Å²) in [7, 11) is 1.98. The highest BCUT2D eigenvalue weighted by Crippen LogP contribution is 2.33. The highest BCUT2D eigenvalue weighted by Gasteiger charge is 2.13. The first-order chi connectivity index (χ1) is 11.2. The minimum atomic E-state index is 1.22. The lowest BCUT2D eigenvalue weighted by atomic mass is 10.1. The van der Waals surface area contributed by atoms with Gasteiger partial charge in [-0.3, -0.25) is 0 Å². The molecule has 4 aromatic rings. The van der Waals surface area contributed by atoms with E-state index in [0.717, 1.165) is 0 Å². The lowest BCUT2D eigenvalue weighted by molar-refractivity contribution is 1.16. The molecule has 1 N–H and O–H groups in total. The molecule has 0 amide bonds. The maximum atomic E-state index is 3.30. The molecule has 0 saturated carbocycles. The summed E-state index contributed by atoms with van der Waals surface area (Å²) in [5, 5.41) is 5.90. The fourth-order valence-corrected chi connectivity index (χ4v) is 3.66. The Labute approximate surface area is 136 Å². The fourth-order valence-electron chi connectivity index (χ4n) is 3.66. The van der Waals surface area contributed by atoms with Crippen molar-refractivity contribution in [1.29, 1.82) is 0 Å². The first-order valence-corrected chi connectivity index (χ1v) is 7.98. The Morgan fingerprint density at radius 2 is 1.22 bits per heavy atom. The molecule has 0 aliphatic carbocycles. The SMILES string of the molecule is CNc1c(C)cc(-n2c3ccccc3c3ccccc32)cc1C. The van der Waals surface area contributed by atoms with Crippen LogP contribution in [0.2, 0.25) is 0 Å². The molecular formula is C21H20N2. The molecule has 0 spiro atoms. The van der Waals surface area contributed by atoms with E-state index in [4.69, 9.17) is 0 Å². The molecule has 0 aliphatic heterocycles. The summed E-state index contributed by atoms with van der Waals surface area (Å²) in [5.41, 5.74) is 7.48. The second-order valence-corrected chi connectivity index (χ2v) is 6.07. The van der Waals surface area contributed by atoms with Crippen LogP contribution >= 0.6 is 0 Å². The van der Waals surface area contributed by atoms with Gasteiger partial charge in [0.2, 0.25) is 0 Å². The van der Waals surface area contributed by atoms with Gasteiger partial charge in [0, 0.05) is 29.2 Å². The molecule has 1 aromatic heterocycles. The second kappa shape index (κ2) is 5.17. The predicted molar refractivity (Wildman–Crippen MR) is 99.8 cm³/mol. The molecule has 0 fully saturated rings. The molecule has 0 radical (unpaired) electrons. The summed E-state index contributed by atoms with van der Waals surface area (Å²) < 4.78 is 2.37. The minimum absolute atomic E-state index is 1.22. The van der Waals surface area contributed by atoms with E-state index in [1.165, 1.54) is 44.3 Å². The molecule has 1 heterocycles. The van der Waals surface area contributed by atoms with Crippen LogP contribution < -0.4 is 5.32 Å². The van der Waals surface area contributed by atoms with Gasteiger partial charge >= 0.3 is 0 Å². The van der Waals surface area contributed by atoms with Crippen LogP contribution in [0.25, 0.3) is 27.5 Å². The smallest absolute Gasteiger partial charge is 0.0541 e. The number of para-hydroxylation sites is 2. The lowest BCUT2D eigenvalue weighted by Gasteiger charge is -2.14. The van der Waals surface area contributed by atoms with E-state index in [9.17, 15) is 0 Å². The van der Waals surface area contributed by atoms with Gasteiger partial charge in [-0.25, -0.2) is 0 Å². The monoisotopic (exact) mass is 300 g/mol. The minimum Gasteiger partial charge on any atom is -0.388 e. The van der Waals surface area contributed by atoms with Gasteiger partial charge in [0.15, 0.2) is 0 Å². The van der Waals surface area contributed by atoms with E-state index in [1.54, 1.807) is 0 Å². The third-order valence-corrected chi connectivity index (χ3v) is 4.61. The normalized spacial score (nSPS) is 11.3. The maximum Gasteiger partial charge on any atom is 0.0541 e. The Morgan fingerprint density at radius 1 is 0.739 bits per heavy atom. The van der Waals surface area contributed by atoms with Crippen LogP contribution in [0.4, 0.5) is 5.69 Å². The number of aromatic nitrogens is 1. The molecule has 4 rings (SSSR count). The summed E-state index contributed by atoms with van der Waals surface area (Å²) in [5.74, 6) is 0. The fraction of sp³-hybridized carbons (Fsp3) is 0.143. The third kappa shape index (κ3) is 2.02. The number of aryl methyl sites for hydroxylation is 2. The number of nitrogens with zero attached hydrogens (tertiary/aromatic N) is 1. The van der Waals surface area contributed by atoms with Crippen molar-refractivity contribution in [3.63, 3.8) is 0 Å². The zero-order valence-corrected chi connectivity index (χ0v) is 13.7. The third-order valence-electron chi connectivity index (χ3n) is 4.61. The van der Waals surface area contributed by atoms with E-state index in [1.807, 2.05) is 7.05 Å². The largest absolute Gasteiger partial charge is 0.388 e. The van der Waals surface area contributed by atoms with Crippen molar-refractivity contribution < 1.29 is 0 Å². The maximum absolute atomic E-state index is 3.30. The Hall–Kier alpha value is -2.74. The van der Waals surface area contributed by atoms with Gasteiger partial charge in [0.1, 0.15) is 0 Å². The van der Waals surface area contributed by atoms with Gasteiger partial charge in [0.25, 0.3) is 0 Å². The van der Waals surface area contributed by atoms with E-state index < -0.39 is 0 Å². The van der Waals surface area contributed by atoms with E-state index >= 15 is 0 Å². The number of fused-ring (bicyclic) bond motifs is 3. The Kier molecular flexibility index (Phi) is 3.12. The van der Waals surface area contributed by atoms with Gasteiger partial charge in [-0.2, -0.15) is 0 Å². The van der Waals surface area contributed by atoms with E-state index in [-0.39, 0.29) is 0 Å². The van der Waals surface area contributed by atoms with Gasteiger partial charge in [0.05, 0.1) is 11.0 Å². The average Bonchev–Trinajstić information content (AvgIpc) is 2.89. The number of benzene rings is 3. The number of nitrogens with one attached hydrogen (secondary N) is 1. The molecule has 0 atom stereocenters. The Balaban J connectivity index is 2.12. The zero-order valence-electron chi connectivity index (χ0n) is 13.7. The highest BCUT2D eigenvalue weighted by molar-refractivity contribution is 6.09. The highest BCUT2D eigenvalue weighted by atomic mass is 15.0. The molecule has 3 aromatic carbocycles. The van der Waals surface area contributed by atoms with Crippen LogP contribution in [-0.2, 0) is 0 Å². The number of anilines is 1. The van der Waals surface area contributed by atoms with E-state index in [0.29, 0.717) is 0 Å². The zero-order chi connectivity index (χ0) is 16.0. The van der Waals surface area contributed by atoms with Crippen molar-refractivity contribution >= 4 is 27.5 Å². The van der Waals surface area contributed by atoms with Crippen LogP contribution in [0.15, 0.2) is 60.7 Å². The van der Waals surface area contributed by atoms with Gasteiger partial charge in [-0.1, -0.05) is 36.4 Å². The number of hydrogen-bond donors (Lipinski definition) is 1. The van der Waals surface area contributed by atoms with Crippen LogP contribution in [0.5, 0.6) is 0 Å².